The van der Waals surface area contributed by atoms with Crippen molar-refractivity contribution in [2.24, 2.45) is 0 Å². The topological polar surface area (TPSA) is 3.24 Å². The molecule has 0 aliphatic heterocycles. The molecule has 0 bridgehead atoms. The minimum Gasteiger partial charge on any atom is -0.310 e. The third-order valence-electron chi connectivity index (χ3n) is 15.0. The third kappa shape index (κ3) is 4.93. The van der Waals surface area contributed by atoms with Gasteiger partial charge in [-0.2, -0.15) is 0 Å². The average molecular weight is 772 g/mol. The maximum atomic E-state index is 2.54. The molecular formula is C59H49N. The van der Waals surface area contributed by atoms with Gasteiger partial charge in [0.1, 0.15) is 0 Å². The highest BCUT2D eigenvalue weighted by Crippen LogP contribution is 2.58. The fraction of sp³-hybridized carbons (Fsp3) is 0.186. The van der Waals surface area contributed by atoms with E-state index in [1.807, 2.05) is 0 Å². The highest BCUT2D eigenvalue weighted by atomic mass is 15.1. The first-order valence-electron chi connectivity index (χ1n) is 22.0. The predicted molar refractivity (Wildman–Crippen MR) is 252 cm³/mol. The number of hydrogen-bond donors (Lipinski definition) is 0. The van der Waals surface area contributed by atoms with Crippen molar-refractivity contribution in [3.05, 3.63) is 209 Å². The van der Waals surface area contributed by atoms with Gasteiger partial charge in [-0.15, -0.1) is 0 Å². The molecule has 0 aromatic heterocycles. The fourth-order valence-electron chi connectivity index (χ4n) is 12.1. The Balaban J connectivity index is 0.995. The lowest BCUT2D eigenvalue weighted by atomic mass is 9.76. The van der Waals surface area contributed by atoms with Crippen molar-refractivity contribution in [1.29, 1.82) is 0 Å². The van der Waals surface area contributed by atoms with Gasteiger partial charge in [-0.05, 0) is 144 Å². The Hall–Kier alpha value is -6.44. The summed E-state index contributed by atoms with van der Waals surface area (Å²) in [6.07, 6.45) is 4.98. The summed E-state index contributed by atoms with van der Waals surface area (Å²) < 4.78 is 0. The van der Waals surface area contributed by atoms with E-state index in [2.05, 4.69) is 209 Å². The van der Waals surface area contributed by atoms with Gasteiger partial charge < -0.3 is 4.90 Å². The van der Waals surface area contributed by atoms with Gasteiger partial charge in [0.15, 0.2) is 0 Å². The van der Waals surface area contributed by atoms with Gasteiger partial charge in [-0.25, -0.2) is 0 Å². The van der Waals surface area contributed by atoms with Gasteiger partial charge in [0.05, 0.1) is 0 Å². The van der Waals surface area contributed by atoms with Crippen molar-refractivity contribution < 1.29 is 0 Å². The van der Waals surface area contributed by atoms with Crippen molar-refractivity contribution in [1.82, 2.24) is 0 Å². The first-order chi connectivity index (χ1) is 29.2. The lowest BCUT2D eigenvalue weighted by Crippen LogP contribution is -2.21. The van der Waals surface area contributed by atoms with Gasteiger partial charge in [0.2, 0.25) is 0 Å². The second-order valence-corrected chi connectivity index (χ2v) is 18.8. The van der Waals surface area contributed by atoms with Crippen LogP contribution >= 0.6 is 0 Å². The summed E-state index contributed by atoms with van der Waals surface area (Å²) in [4.78, 5) is 2.50. The normalized spacial score (nSPS) is 16.5. The maximum absolute atomic E-state index is 2.54. The molecule has 12 rings (SSSR count). The van der Waals surface area contributed by atoms with Gasteiger partial charge in [-0.1, -0.05) is 174 Å². The average Bonchev–Trinajstić information content (AvgIpc) is 4.01. The van der Waals surface area contributed by atoms with Crippen LogP contribution in [0.1, 0.15) is 86.8 Å². The zero-order valence-corrected chi connectivity index (χ0v) is 35.0. The summed E-state index contributed by atoms with van der Waals surface area (Å²) in [5.74, 6) is 0. The van der Waals surface area contributed by atoms with Crippen LogP contribution < -0.4 is 4.90 Å². The van der Waals surface area contributed by atoms with Crippen molar-refractivity contribution in [3.63, 3.8) is 0 Å². The lowest BCUT2D eigenvalue weighted by molar-refractivity contribution is 0.550. The van der Waals surface area contributed by atoms with E-state index in [9.17, 15) is 0 Å². The van der Waals surface area contributed by atoms with Crippen LogP contribution in [0, 0.1) is 0 Å². The Bertz CT molecular complexity index is 3040. The van der Waals surface area contributed by atoms with E-state index in [1.54, 1.807) is 0 Å². The van der Waals surface area contributed by atoms with Crippen LogP contribution in [0.15, 0.2) is 176 Å². The number of fused-ring (bicyclic) bond motifs is 11. The third-order valence-corrected chi connectivity index (χ3v) is 15.0. The van der Waals surface area contributed by atoms with Crippen LogP contribution in [0.5, 0.6) is 0 Å². The fourth-order valence-corrected chi connectivity index (χ4v) is 12.1. The van der Waals surface area contributed by atoms with Crippen LogP contribution in [0.25, 0.3) is 55.6 Å². The predicted octanol–water partition coefficient (Wildman–Crippen LogP) is 15.9. The number of anilines is 3. The zero-order chi connectivity index (χ0) is 40.4. The number of hydrogen-bond acceptors (Lipinski definition) is 1. The Morgan fingerprint density at radius 2 is 0.850 bits per heavy atom. The van der Waals surface area contributed by atoms with Crippen LogP contribution in [-0.4, -0.2) is 0 Å². The smallest absolute Gasteiger partial charge is 0.0467 e. The van der Waals surface area contributed by atoms with Gasteiger partial charge in [0, 0.05) is 33.3 Å². The van der Waals surface area contributed by atoms with E-state index in [0.29, 0.717) is 0 Å². The second-order valence-electron chi connectivity index (χ2n) is 18.8. The zero-order valence-electron chi connectivity index (χ0n) is 35.0. The number of benzene rings is 8. The molecule has 4 aliphatic carbocycles. The lowest BCUT2D eigenvalue weighted by Gasteiger charge is -2.30. The Kier molecular flexibility index (Phi) is 7.56. The summed E-state index contributed by atoms with van der Waals surface area (Å²) in [5, 5.41) is 0. The summed E-state index contributed by atoms with van der Waals surface area (Å²) in [5.41, 5.74) is 25.4. The van der Waals surface area contributed by atoms with Crippen LogP contribution in [-0.2, 0) is 16.2 Å². The van der Waals surface area contributed by atoms with E-state index in [0.717, 1.165) is 5.69 Å². The van der Waals surface area contributed by atoms with Crippen LogP contribution in [0.3, 0.4) is 0 Å². The first kappa shape index (κ1) is 35.5. The summed E-state index contributed by atoms with van der Waals surface area (Å²) in [6.45, 7) is 9.51. The van der Waals surface area contributed by atoms with E-state index in [-0.39, 0.29) is 16.2 Å². The molecule has 0 atom stereocenters. The molecule has 8 aromatic rings. The molecule has 8 aromatic carbocycles. The molecule has 0 heterocycles. The van der Waals surface area contributed by atoms with E-state index in [4.69, 9.17) is 0 Å². The van der Waals surface area contributed by atoms with Gasteiger partial charge in [0.25, 0.3) is 0 Å². The van der Waals surface area contributed by atoms with Crippen molar-refractivity contribution in [3.8, 4) is 55.6 Å². The first-order valence-corrected chi connectivity index (χ1v) is 22.0. The van der Waals surface area contributed by atoms with Crippen molar-refractivity contribution in [2.45, 2.75) is 69.6 Å². The maximum Gasteiger partial charge on any atom is 0.0467 e. The van der Waals surface area contributed by atoms with Gasteiger partial charge in [-0.3, -0.25) is 0 Å². The summed E-state index contributed by atoms with van der Waals surface area (Å²) in [6, 6.07) is 67.0. The Labute approximate surface area is 355 Å². The van der Waals surface area contributed by atoms with Crippen molar-refractivity contribution >= 4 is 17.1 Å². The molecule has 0 N–H and O–H groups in total. The Morgan fingerprint density at radius 3 is 1.60 bits per heavy atom. The highest BCUT2D eigenvalue weighted by molar-refractivity contribution is 5.91. The molecule has 1 fully saturated rings. The molecule has 0 amide bonds. The molecule has 60 heavy (non-hydrogen) atoms. The van der Waals surface area contributed by atoms with Gasteiger partial charge >= 0.3 is 0 Å². The molecule has 290 valence electrons. The summed E-state index contributed by atoms with van der Waals surface area (Å²) >= 11 is 0. The Morgan fingerprint density at radius 1 is 0.333 bits per heavy atom. The second kappa shape index (κ2) is 12.8. The van der Waals surface area contributed by atoms with Crippen LogP contribution in [0.4, 0.5) is 17.1 Å². The molecular weight excluding hydrogens is 723 g/mol. The molecule has 4 aliphatic rings. The quantitative estimate of drug-likeness (QED) is 0.168. The number of rotatable bonds is 5. The number of nitrogens with zero attached hydrogens (tertiary/aromatic N) is 1. The van der Waals surface area contributed by atoms with Crippen molar-refractivity contribution in [2.75, 3.05) is 4.90 Å². The SMILES string of the molecule is CC1(C)c2ccccc2-c2ccc(-c3ccc(N(c4cccc(-c5cccc6c5C(C)(C)c5ccccc5-6)c4)c4ccc5c(c4)C4(CCCC4)c4ccccc4-5)cc3)cc21. The largest absolute Gasteiger partial charge is 0.310 e. The molecule has 1 heteroatoms. The highest BCUT2D eigenvalue weighted by Gasteiger charge is 2.45. The molecule has 0 radical (unpaired) electrons. The molecule has 1 nitrogen and oxygen atoms in total. The minimum absolute atomic E-state index is 0.0372. The van der Waals surface area contributed by atoms with Crippen LogP contribution in [0.2, 0.25) is 0 Å². The molecule has 0 saturated heterocycles. The summed E-state index contributed by atoms with van der Waals surface area (Å²) in [7, 11) is 0. The molecule has 1 spiro atoms. The minimum atomic E-state index is -0.103. The van der Waals surface area contributed by atoms with E-state index in [1.165, 1.54) is 126 Å². The molecule has 1 saturated carbocycles. The molecule has 0 unspecified atom stereocenters. The van der Waals surface area contributed by atoms with E-state index >= 15 is 0 Å². The standard InChI is InChI=1S/C59H49N/c1-57(2)51-22-8-5-17-45(51)48-31-27-39(36-54(48)57)38-25-28-41(29-26-38)60(43-30-32-49-46-18-7-10-24-53(46)59(55(49)37-43)33-11-12-34-59)42-16-13-15-40(35-42)44-20-14-21-50-47-19-6-9-23-52(47)58(3,4)56(44)50/h5-10,13-32,35-37H,11-12,33-34H2,1-4H3. The van der Waals surface area contributed by atoms with E-state index < -0.39 is 0 Å². The monoisotopic (exact) mass is 771 g/mol.